The molecule has 0 N–H and O–H groups in total. The first kappa shape index (κ1) is 20.1. The number of nitro groups is 1. The average molecular weight is 445 g/mol. The number of hydrogen-bond donors (Lipinski definition) is 0. The van der Waals surface area contributed by atoms with Crippen LogP contribution in [-0.4, -0.2) is 46.9 Å². The lowest BCUT2D eigenvalue weighted by Gasteiger charge is -2.36. The molecule has 0 radical (unpaired) electrons. The van der Waals surface area contributed by atoms with E-state index in [2.05, 4.69) is 4.90 Å². The second kappa shape index (κ2) is 8.39. The van der Waals surface area contributed by atoms with Gasteiger partial charge in [0, 0.05) is 60.3 Å². The first-order valence-corrected chi connectivity index (χ1v) is 11.3. The van der Waals surface area contributed by atoms with E-state index >= 15 is 0 Å². The van der Waals surface area contributed by atoms with Gasteiger partial charge in [-0.3, -0.25) is 14.9 Å². The summed E-state index contributed by atoms with van der Waals surface area (Å²) in [4.78, 5) is 32.8. The fourth-order valence-electron chi connectivity index (χ4n) is 4.03. The number of hydrogen-bond acceptors (Lipinski definition) is 6. The number of nitro benzene ring substituents is 1. The summed E-state index contributed by atoms with van der Waals surface area (Å²) in [6.45, 7) is 2.51. The van der Waals surface area contributed by atoms with Crippen molar-refractivity contribution in [1.82, 2.24) is 9.88 Å². The maximum absolute atomic E-state index is 13.5. The molecule has 8 heteroatoms. The van der Waals surface area contributed by atoms with Crippen molar-refractivity contribution in [3.8, 4) is 11.3 Å². The molecule has 0 bridgehead atoms. The van der Waals surface area contributed by atoms with Crippen LogP contribution in [0.2, 0.25) is 0 Å². The minimum Gasteiger partial charge on any atom is -0.368 e. The topological polar surface area (TPSA) is 79.6 Å². The van der Waals surface area contributed by atoms with Crippen molar-refractivity contribution in [1.29, 1.82) is 0 Å². The molecule has 1 saturated heterocycles. The molecule has 32 heavy (non-hydrogen) atoms. The van der Waals surface area contributed by atoms with Gasteiger partial charge >= 0.3 is 0 Å². The van der Waals surface area contributed by atoms with E-state index in [0.717, 1.165) is 27.8 Å². The van der Waals surface area contributed by atoms with E-state index in [-0.39, 0.29) is 11.6 Å². The normalized spacial score (nSPS) is 14.0. The number of pyridine rings is 1. The Bertz CT molecular complexity index is 1280. The Hall–Kier alpha value is -3.78. The van der Waals surface area contributed by atoms with E-state index in [0.29, 0.717) is 31.7 Å². The van der Waals surface area contributed by atoms with Crippen LogP contribution in [0.25, 0.3) is 22.2 Å². The van der Waals surface area contributed by atoms with Crippen LogP contribution in [0.4, 0.5) is 11.4 Å². The van der Waals surface area contributed by atoms with Gasteiger partial charge in [-0.05, 0) is 35.7 Å². The second-order valence-electron chi connectivity index (χ2n) is 7.64. The number of thiophene rings is 1. The molecule has 0 spiro atoms. The lowest BCUT2D eigenvalue weighted by atomic mass is 10.0. The first-order chi connectivity index (χ1) is 15.6. The summed E-state index contributed by atoms with van der Waals surface area (Å²) < 4.78 is 0. The van der Waals surface area contributed by atoms with Gasteiger partial charge < -0.3 is 9.80 Å². The Morgan fingerprint density at radius 3 is 2.44 bits per heavy atom. The van der Waals surface area contributed by atoms with E-state index in [9.17, 15) is 14.9 Å². The van der Waals surface area contributed by atoms with Crippen LogP contribution in [0.3, 0.4) is 0 Å². The van der Waals surface area contributed by atoms with Crippen LogP contribution in [0.5, 0.6) is 0 Å². The molecule has 7 nitrogen and oxygen atoms in total. The van der Waals surface area contributed by atoms with Gasteiger partial charge in [-0.1, -0.05) is 18.2 Å². The van der Waals surface area contributed by atoms with Gasteiger partial charge in [0.15, 0.2) is 0 Å². The predicted octanol–water partition coefficient (Wildman–Crippen LogP) is 4.83. The lowest BCUT2D eigenvalue weighted by Crippen LogP contribution is -2.48. The van der Waals surface area contributed by atoms with E-state index < -0.39 is 4.92 Å². The SMILES string of the molecule is O=C(c1cc(-c2ccsc2)nc2ccccc12)N1CCN(c2ccc([N+](=O)[O-])cc2)CC1. The number of amides is 1. The van der Waals surface area contributed by atoms with Gasteiger partial charge in [-0.15, -0.1) is 0 Å². The van der Waals surface area contributed by atoms with Crippen molar-refractivity contribution in [3.63, 3.8) is 0 Å². The van der Waals surface area contributed by atoms with Crippen molar-refractivity contribution in [3.05, 3.63) is 87.1 Å². The van der Waals surface area contributed by atoms with Gasteiger partial charge in [0.1, 0.15) is 0 Å². The fourth-order valence-corrected chi connectivity index (χ4v) is 4.68. The monoisotopic (exact) mass is 444 g/mol. The van der Waals surface area contributed by atoms with Crippen LogP contribution in [0.15, 0.2) is 71.4 Å². The number of anilines is 1. The number of carbonyl (C=O) groups is 1. The molecule has 160 valence electrons. The molecule has 4 aromatic rings. The molecular weight excluding hydrogens is 424 g/mol. The van der Waals surface area contributed by atoms with Crippen molar-refractivity contribution in [2.45, 2.75) is 0 Å². The number of para-hydroxylation sites is 1. The third kappa shape index (κ3) is 3.80. The third-order valence-corrected chi connectivity index (χ3v) is 6.44. The van der Waals surface area contributed by atoms with E-state index in [4.69, 9.17) is 4.98 Å². The molecule has 1 aliphatic heterocycles. The maximum Gasteiger partial charge on any atom is 0.269 e. The van der Waals surface area contributed by atoms with Gasteiger partial charge in [-0.2, -0.15) is 11.3 Å². The van der Waals surface area contributed by atoms with E-state index in [1.807, 2.05) is 52.1 Å². The zero-order chi connectivity index (χ0) is 22.1. The summed E-state index contributed by atoms with van der Waals surface area (Å²) in [5.41, 5.74) is 4.30. The molecular formula is C24H20N4O3S. The highest BCUT2D eigenvalue weighted by Crippen LogP contribution is 2.28. The number of rotatable bonds is 4. The van der Waals surface area contributed by atoms with E-state index in [1.54, 1.807) is 23.5 Å². The number of non-ortho nitro benzene ring substituents is 1. The zero-order valence-corrected chi connectivity index (χ0v) is 18.0. The minimum atomic E-state index is -0.399. The lowest BCUT2D eigenvalue weighted by molar-refractivity contribution is -0.384. The number of carbonyl (C=O) groups excluding carboxylic acids is 1. The van der Waals surface area contributed by atoms with Crippen LogP contribution >= 0.6 is 11.3 Å². The maximum atomic E-state index is 13.5. The summed E-state index contributed by atoms with van der Waals surface area (Å²) in [6, 6.07) is 18.2. The predicted molar refractivity (Wildman–Crippen MR) is 126 cm³/mol. The standard InChI is InChI=1S/C24H20N4O3S/c29-24(27-12-10-26(11-13-27)18-5-7-19(8-6-18)28(30)31)21-15-23(17-9-14-32-16-17)25-22-4-2-1-3-20(21)22/h1-9,14-16H,10-13H2. The first-order valence-electron chi connectivity index (χ1n) is 10.3. The molecule has 0 aliphatic carbocycles. The molecule has 2 aromatic carbocycles. The molecule has 1 amide bonds. The summed E-state index contributed by atoms with van der Waals surface area (Å²) in [7, 11) is 0. The molecule has 0 atom stereocenters. The Kier molecular flexibility index (Phi) is 5.28. The molecule has 0 unspecified atom stereocenters. The second-order valence-corrected chi connectivity index (χ2v) is 8.42. The number of aromatic nitrogens is 1. The highest BCUT2D eigenvalue weighted by atomic mass is 32.1. The molecule has 2 aromatic heterocycles. The smallest absolute Gasteiger partial charge is 0.269 e. The minimum absolute atomic E-state index is 0.00318. The average Bonchev–Trinajstić information content (AvgIpc) is 3.38. The summed E-state index contributed by atoms with van der Waals surface area (Å²) in [6.07, 6.45) is 0. The van der Waals surface area contributed by atoms with Crippen LogP contribution in [0, 0.1) is 10.1 Å². The zero-order valence-electron chi connectivity index (χ0n) is 17.2. The van der Waals surface area contributed by atoms with Crippen LogP contribution in [-0.2, 0) is 0 Å². The van der Waals surface area contributed by atoms with Crippen molar-refractivity contribution >= 4 is 39.5 Å². The summed E-state index contributed by atoms with van der Waals surface area (Å²) in [5.74, 6) is 0.00318. The van der Waals surface area contributed by atoms with Gasteiger partial charge in [0.05, 0.1) is 21.7 Å². The van der Waals surface area contributed by atoms with Crippen molar-refractivity contribution in [2.24, 2.45) is 0 Å². The molecule has 5 rings (SSSR count). The highest BCUT2D eigenvalue weighted by molar-refractivity contribution is 7.08. The van der Waals surface area contributed by atoms with Crippen molar-refractivity contribution in [2.75, 3.05) is 31.1 Å². The fraction of sp³-hybridized carbons (Fsp3) is 0.167. The molecule has 1 aliphatic rings. The van der Waals surface area contributed by atoms with Crippen molar-refractivity contribution < 1.29 is 9.72 Å². The van der Waals surface area contributed by atoms with Gasteiger partial charge in [-0.25, -0.2) is 4.98 Å². The number of fused-ring (bicyclic) bond motifs is 1. The number of piperazine rings is 1. The Balaban J connectivity index is 1.38. The van der Waals surface area contributed by atoms with Crippen LogP contribution in [0.1, 0.15) is 10.4 Å². The van der Waals surface area contributed by atoms with Gasteiger partial charge in [0.2, 0.25) is 0 Å². The highest BCUT2D eigenvalue weighted by Gasteiger charge is 2.25. The third-order valence-electron chi connectivity index (χ3n) is 5.76. The Labute approximate surface area is 188 Å². The van der Waals surface area contributed by atoms with Gasteiger partial charge in [0.25, 0.3) is 11.6 Å². The molecule has 3 heterocycles. The number of benzene rings is 2. The van der Waals surface area contributed by atoms with Crippen LogP contribution < -0.4 is 4.90 Å². The molecule has 0 saturated carbocycles. The Morgan fingerprint density at radius 2 is 1.75 bits per heavy atom. The Morgan fingerprint density at radius 1 is 1.00 bits per heavy atom. The summed E-state index contributed by atoms with van der Waals surface area (Å²) in [5, 5.41) is 15.8. The molecule has 1 fully saturated rings. The summed E-state index contributed by atoms with van der Waals surface area (Å²) >= 11 is 1.60. The van der Waals surface area contributed by atoms with E-state index in [1.165, 1.54) is 12.1 Å². The number of nitrogens with zero attached hydrogens (tertiary/aromatic N) is 4. The quantitative estimate of drug-likeness (QED) is 0.333. The largest absolute Gasteiger partial charge is 0.368 e.